The minimum Gasteiger partial charge on any atom is -0.490 e. The Morgan fingerprint density at radius 1 is 1.05 bits per heavy atom. The van der Waals surface area contributed by atoms with Gasteiger partial charge in [0.2, 0.25) is 0 Å². The van der Waals surface area contributed by atoms with Gasteiger partial charge in [-0.1, -0.05) is 95.1 Å². The first-order valence-corrected chi connectivity index (χ1v) is 17.8. The topological polar surface area (TPSA) is 106 Å². The fourth-order valence-corrected chi connectivity index (χ4v) is 7.06. The Balaban J connectivity index is 1.56. The molecule has 1 aromatic heterocycles. The number of nitriles is 1. The molecule has 0 bridgehead atoms. The molecular weight excluding hydrogens is 684 g/mol. The first-order chi connectivity index (χ1) is 21.2. The molecule has 0 N–H and O–H groups in total. The van der Waals surface area contributed by atoms with E-state index in [2.05, 4.69) is 22.0 Å². The summed E-state index contributed by atoms with van der Waals surface area (Å²) in [4.78, 5) is 17.8. The van der Waals surface area contributed by atoms with Crippen molar-refractivity contribution in [2.45, 2.75) is 30.9 Å². The molecule has 0 amide bonds. The fraction of sp³-hybridized carbons (Fsp3) is 0.242. The maximum atomic E-state index is 13.1. The quantitative estimate of drug-likeness (QED) is 0.0956. The third kappa shape index (κ3) is 9.83. The van der Waals surface area contributed by atoms with E-state index in [-0.39, 0.29) is 23.9 Å². The molecule has 0 radical (unpaired) electrons. The van der Waals surface area contributed by atoms with Crippen LogP contribution in [0.15, 0.2) is 94.4 Å². The zero-order valence-electron chi connectivity index (χ0n) is 23.9. The molecule has 1 heterocycles. The number of unbranched alkanes of at least 4 members (excludes halogenated alkanes) is 1. The fourth-order valence-electron chi connectivity index (χ4n) is 4.26. The van der Waals surface area contributed by atoms with Crippen molar-refractivity contribution in [2.24, 2.45) is 0 Å². The normalized spacial score (nSPS) is 11.9. The second kappa shape index (κ2) is 16.1. The Kier molecular flexibility index (Phi) is 12.3. The number of carbonyl (C=O) groups excluding carboxylic acids is 1. The monoisotopic (exact) mass is 712 g/mol. The van der Waals surface area contributed by atoms with Crippen molar-refractivity contribution < 1.29 is 22.7 Å². The number of nitrogens with zero attached hydrogens (tertiary/aromatic N) is 2. The Hall–Kier alpha value is -3.36. The number of sulfone groups is 1. The highest BCUT2D eigenvalue weighted by atomic mass is 79.9. The summed E-state index contributed by atoms with van der Waals surface area (Å²) >= 11 is 10.5. The predicted molar refractivity (Wildman–Crippen MR) is 179 cm³/mol. The number of benzene rings is 3. The molecule has 1 atom stereocenters. The molecule has 0 saturated carbocycles. The molecule has 3 aromatic carbocycles. The van der Waals surface area contributed by atoms with Crippen molar-refractivity contribution >= 4 is 55.1 Å². The van der Waals surface area contributed by atoms with Crippen LogP contribution in [-0.4, -0.2) is 49.3 Å². The lowest BCUT2D eigenvalue weighted by molar-refractivity contribution is -0.146. The van der Waals surface area contributed by atoms with Gasteiger partial charge in [0.1, 0.15) is 29.6 Å². The van der Waals surface area contributed by atoms with Gasteiger partial charge < -0.3 is 9.47 Å². The molecule has 0 spiro atoms. The van der Waals surface area contributed by atoms with Gasteiger partial charge in [0, 0.05) is 20.6 Å². The summed E-state index contributed by atoms with van der Waals surface area (Å²) in [5.41, 5.74) is 3.34. The summed E-state index contributed by atoms with van der Waals surface area (Å²) in [6.45, 7) is 1.76. The van der Waals surface area contributed by atoms with Crippen LogP contribution in [-0.2, 0) is 19.4 Å². The Morgan fingerprint density at radius 3 is 2.41 bits per heavy atom. The molecular formula is C33H30BrClN2O5S2. The second-order valence-electron chi connectivity index (χ2n) is 9.85. The molecule has 0 saturated heterocycles. The average Bonchev–Trinajstić information content (AvgIpc) is 3.02. The smallest absolute Gasteiger partial charge is 0.316 e. The maximum absolute atomic E-state index is 13.1. The lowest BCUT2D eigenvalue weighted by Gasteiger charge is -2.19. The highest BCUT2D eigenvalue weighted by Crippen LogP contribution is 2.34. The van der Waals surface area contributed by atoms with Crippen LogP contribution in [0, 0.1) is 11.3 Å². The number of ether oxygens (including phenoxy) is 2. The molecule has 228 valence electrons. The summed E-state index contributed by atoms with van der Waals surface area (Å²) in [5.74, 6) is -0.737. The molecule has 0 aliphatic rings. The number of carbonyl (C=O) groups is 1. The van der Waals surface area contributed by atoms with Gasteiger partial charge in [-0.3, -0.25) is 4.79 Å². The van der Waals surface area contributed by atoms with E-state index >= 15 is 0 Å². The molecule has 11 heteroatoms. The zero-order chi connectivity index (χ0) is 31.5. The SMILES string of the molecule is CCCCS(=O)(=O)CC(COc1ccc(Cl)cc1)OC(=O)CSc1nc(-c2ccc(Br)cc2)cc(-c2ccccc2)c1C#N. The van der Waals surface area contributed by atoms with Crippen molar-refractivity contribution in [1.29, 1.82) is 5.26 Å². The first-order valence-electron chi connectivity index (χ1n) is 13.8. The van der Waals surface area contributed by atoms with Gasteiger partial charge in [-0.25, -0.2) is 13.4 Å². The standard InChI is InChI=1S/C33H30BrClN2O5S2/c1-2-3-17-44(39,40)22-28(20-41-27-15-13-26(35)14-16-27)42-32(38)21-43-33-30(19-36)29(23-7-5-4-6-8-23)18-31(37-33)24-9-11-25(34)12-10-24/h4-16,18,28H,2-3,17,20-22H2,1H3. The van der Waals surface area contributed by atoms with Crippen LogP contribution >= 0.6 is 39.3 Å². The molecule has 0 aliphatic heterocycles. The van der Waals surface area contributed by atoms with Crippen LogP contribution in [0.25, 0.3) is 22.4 Å². The maximum Gasteiger partial charge on any atom is 0.316 e. The van der Waals surface area contributed by atoms with E-state index in [4.69, 9.17) is 26.1 Å². The van der Waals surface area contributed by atoms with E-state index in [9.17, 15) is 18.5 Å². The summed E-state index contributed by atoms with van der Waals surface area (Å²) in [6.07, 6.45) is 0.205. The molecule has 7 nitrogen and oxygen atoms in total. The minimum absolute atomic E-state index is 0.00614. The van der Waals surface area contributed by atoms with Crippen molar-refractivity contribution in [3.05, 3.63) is 100.0 Å². The number of aromatic nitrogens is 1. The highest BCUT2D eigenvalue weighted by molar-refractivity contribution is 9.10. The molecule has 4 aromatic rings. The van der Waals surface area contributed by atoms with Crippen LogP contribution in [0.5, 0.6) is 5.75 Å². The number of pyridine rings is 1. The number of hydrogen-bond acceptors (Lipinski definition) is 8. The van der Waals surface area contributed by atoms with Gasteiger partial charge >= 0.3 is 5.97 Å². The van der Waals surface area contributed by atoms with E-state index in [0.29, 0.717) is 39.0 Å². The predicted octanol–water partition coefficient (Wildman–Crippen LogP) is 8.00. The van der Waals surface area contributed by atoms with Crippen LogP contribution in [0.4, 0.5) is 0 Å². The van der Waals surface area contributed by atoms with Crippen LogP contribution in [0.3, 0.4) is 0 Å². The van der Waals surface area contributed by atoms with Gasteiger partial charge in [0.05, 0.1) is 28.5 Å². The van der Waals surface area contributed by atoms with Gasteiger partial charge in [0.15, 0.2) is 9.84 Å². The van der Waals surface area contributed by atoms with Crippen molar-refractivity contribution in [3.8, 4) is 34.2 Å². The molecule has 4 rings (SSSR count). The number of rotatable bonds is 14. The third-order valence-electron chi connectivity index (χ3n) is 6.45. The average molecular weight is 714 g/mol. The second-order valence-corrected chi connectivity index (χ2v) is 14.4. The van der Waals surface area contributed by atoms with Gasteiger partial charge in [-0.05, 0) is 54.4 Å². The van der Waals surface area contributed by atoms with Crippen molar-refractivity contribution in [3.63, 3.8) is 0 Å². The Morgan fingerprint density at radius 2 is 1.75 bits per heavy atom. The Bertz CT molecular complexity index is 1710. The number of esters is 1. The van der Waals surface area contributed by atoms with Crippen LogP contribution in [0.2, 0.25) is 5.02 Å². The van der Waals surface area contributed by atoms with E-state index < -0.39 is 21.9 Å². The molecule has 0 fully saturated rings. The van der Waals surface area contributed by atoms with Gasteiger partial charge in [0.25, 0.3) is 0 Å². The zero-order valence-corrected chi connectivity index (χ0v) is 27.9. The lowest BCUT2D eigenvalue weighted by atomic mass is 9.99. The summed E-state index contributed by atoms with van der Waals surface area (Å²) in [5, 5.41) is 11.0. The number of thioether (sulfide) groups is 1. The lowest BCUT2D eigenvalue weighted by Crippen LogP contribution is -2.33. The van der Waals surface area contributed by atoms with E-state index in [1.165, 1.54) is 0 Å². The summed E-state index contributed by atoms with van der Waals surface area (Å²) in [7, 11) is -3.50. The van der Waals surface area contributed by atoms with E-state index in [1.54, 1.807) is 24.3 Å². The third-order valence-corrected chi connectivity index (χ3v) is 9.97. The summed E-state index contributed by atoms with van der Waals surface area (Å²) < 4.78 is 37.8. The van der Waals surface area contributed by atoms with E-state index in [1.807, 2.05) is 67.6 Å². The first kappa shape index (κ1) is 33.5. The van der Waals surface area contributed by atoms with Gasteiger partial charge in [-0.2, -0.15) is 5.26 Å². The largest absolute Gasteiger partial charge is 0.490 e. The van der Waals surface area contributed by atoms with Crippen molar-refractivity contribution in [1.82, 2.24) is 4.98 Å². The van der Waals surface area contributed by atoms with Crippen LogP contribution in [0.1, 0.15) is 25.3 Å². The van der Waals surface area contributed by atoms with E-state index in [0.717, 1.165) is 33.8 Å². The van der Waals surface area contributed by atoms with Gasteiger partial charge in [-0.15, -0.1) is 0 Å². The highest BCUT2D eigenvalue weighted by Gasteiger charge is 2.25. The molecule has 0 aliphatic carbocycles. The minimum atomic E-state index is -3.50. The van der Waals surface area contributed by atoms with Crippen molar-refractivity contribution in [2.75, 3.05) is 23.9 Å². The molecule has 1 unspecified atom stereocenters. The number of hydrogen-bond donors (Lipinski definition) is 0. The van der Waals surface area contributed by atoms with Crippen LogP contribution < -0.4 is 4.74 Å². The Labute approximate surface area is 275 Å². The number of halogens is 2. The molecule has 44 heavy (non-hydrogen) atoms. The summed E-state index contributed by atoms with van der Waals surface area (Å²) in [6, 6.07) is 27.9.